The van der Waals surface area contributed by atoms with Crippen LogP contribution in [0, 0.1) is 0 Å². The fourth-order valence-corrected chi connectivity index (χ4v) is 3.34. The van der Waals surface area contributed by atoms with Crippen molar-refractivity contribution in [3.63, 3.8) is 0 Å². The van der Waals surface area contributed by atoms with Crippen LogP contribution >= 0.6 is 0 Å². The first-order valence-electron chi connectivity index (χ1n) is 6.47. The average Bonchev–Trinajstić information content (AvgIpc) is 2.48. The number of carbonyl (C=O) groups is 1. The summed E-state index contributed by atoms with van der Waals surface area (Å²) >= 11 is 0. The van der Waals surface area contributed by atoms with Crippen LogP contribution in [0.2, 0.25) is 18.1 Å². The molecule has 1 aliphatic carbocycles. The zero-order valence-corrected chi connectivity index (χ0v) is 13.0. The first-order chi connectivity index (χ1) is 7.62. The first kappa shape index (κ1) is 14.7. The van der Waals surface area contributed by atoms with Gasteiger partial charge in [-0.05, 0) is 31.0 Å². The lowest BCUT2D eigenvalue weighted by Crippen LogP contribution is -2.43. The van der Waals surface area contributed by atoms with Gasteiger partial charge >= 0.3 is 5.97 Å². The molecule has 0 amide bonds. The van der Waals surface area contributed by atoms with Gasteiger partial charge in [-0.15, -0.1) is 0 Å². The summed E-state index contributed by atoms with van der Waals surface area (Å²) in [6.07, 6.45) is 3.18. The van der Waals surface area contributed by atoms with E-state index in [1.54, 1.807) is 0 Å². The highest BCUT2D eigenvalue weighted by atomic mass is 28.4. The summed E-state index contributed by atoms with van der Waals surface area (Å²) in [7, 11) is -1.68. The fourth-order valence-electron chi connectivity index (χ4n) is 1.94. The Kier molecular flexibility index (Phi) is 4.41. The number of rotatable bonds is 3. The van der Waals surface area contributed by atoms with Crippen LogP contribution in [0.1, 0.15) is 47.0 Å². The average molecular weight is 258 g/mol. The molecule has 0 heterocycles. The van der Waals surface area contributed by atoms with Gasteiger partial charge in [-0.2, -0.15) is 0 Å². The lowest BCUT2D eigenvalue weighted by molar-refractivity contribution is -0.146. The number of hydrogen-bond donors (Lipinski definition) is 0. The predicted molar refractivity (Wildman–Crippen MR) is 71.5 cm³/mol. The molecular weight excluding hydrogens is 232 g/mol. The van der Waals surface area contributed by atoms with Crippen molar-refractivity contribution in [1.29, 1.82) is 0 Å². The second-order valence-corrected chi connectivity index (χ2v) is 11.3. The van der Waals surface area contributed by atoms with Crippen LogP contribution < -0.4 is 0 Å². The maximum atomic E-state index is 10.9. The monoisotopic (exact) mass is 258 g/mol. The van der Waals surface area contributed by atoms with Crippen LogP contribution in [0.3, 0.4) is 0 Å². The van der Waals surface area contributed by atoms with Gasteiger partial charge in [-0.3, -0.25) is 4.79 Å². The molecule has 4 heteroatoms. The van der Waals surface area contributed by atoms with Gasteiger partial charge in [-0.1, -0.05) is 20.8 Å². The predicted octanol–water partition coefficient (Wildman–Crippen LogP) is 3.49. The van der Waals surface area contributed by atoms with Crippen LogP contribution in [0.15, 0.2) is 0 Å². The third kappa shape index (κ3) is 4.10. The lowest BCUT2D eigenvalue weighted by atomic mass is 10.2. The third-order valence-electron chi connectivity index (χ3n) is 3.94. The Morgan fingerprint density at radius 2 is 1.71 bits per heavy atom. The molecule has 0 N–H and O–H groups in total. The Morgan fingerprint density at radius 1 is 1.18 bits per heavy atom. The molecule has 3 nitrogen and oxygen atoms in total. The van der Waals surface area contributed by atoms with E-state index in [2.05, 4.69) is 33.9 Å². The summed E-state index contributed by atoms with van der Waals surface area (Å²) in [6.45, 7) is 12.8. The molecule has 1 fully saturated rings. The second kappa shape index (κ2) is 5.10. The number of esters is 1. The standard InChI is InChI=1S/C13H26O3Si/c1-10(14)15-11-7-8-12(9-11)16-17(5,6)13(2,3)4/h11-12H,7-9H2,1-6H3. The van der Waals surface area contributed by atoms with E-state index in [0.29, 0.717) is 0 Å². The third-order valence-corrected chi connectivity index (χ3v) is 8.47. The Balaban J connectivity index is 2.48. The Hall–Kier alpha value is -0.353. The molecule has 0 saturated heterocycles. The van der Waals surface area contributed by atoms with E-state index in [1.807, 2.05) is 0 Å². The van der Waals surface area contributed by atoms with E-state index in [9.17, 15) is 4.79 Å². The minimum atomic E-state index is -1.68. The molecular formula is C13H26O3Si. The smallest absolute Gasteiger partial charge is 0.302 e. The van der Waals surface area contributed by atoms with Crippen LogP contribution in [0.25, 0.3) is 0 Å². The molecule has 0 spiro atoms. The van der Waals surface area contributed by atoms with Crippen molar-refractivity contribution in [3.05, 3.63) is 0 Å². The second-order valence-electron chi connectivity index (χ2n) is 6.54. The fraction of sp³-hybridized carbons (Fsp3) is 0.923. The Labute approximate surface area is 106 Å². The summed E-state index contributed by atoms with van der Waals surface area (Å²) in [5.41, 5.74) is 0. The van der Waals surface area contributed by atoms with Gasteiger partial charge in [0.2, 0.25) is 0 Å². The number of ether oxygens (including phenoxy) is 1. The van der Waals surface area contributed by atoms with Crippen LogP contribution in [0.5, 0.6) is 0 Å². The number of hydrogen-bond acceptors (Lipinski definition) is 3. The molecule has 17 heavy (non-hydrogen) atoms. The topological polar surface area (TPSA) is 35.5 Å². The molecule has 0 aromatic rings. The van der Waals surface area contributed by atoms with Crippen molar-refractivity contribution < 1.29 is 14.0 Å². The molecule has 1 aliphatic rings. The van der Waals surface area contributed by atoms with Crippen molar-refractivity contribution in [2.24, 2.45) is 0 Å². The number of carbonyl (C=O) groups excluding carboxylic acids is 1. The molecule has 0 aliphatic heterocycles. The lowest BCUT2D eigenvalue weighted by Gasteiger charge is -2.38. The van der Waals surface area contributed by atoms with E-state index in [4.69, 9.17) is 9.16 Å². The first-order valence-corrected chi connectivity index (χ1v) is 9.38. The van der Waals surface area contributed by atoms with Crippen LogP contribution in [-0.4, -0.2) is 26.5 Å². The van der Waals surface area contributed by atoms with Crippen LogP contribution in [-0.2, 0) is 14.0 Å². The summed E-state index contributed by atoms with van der Waals surface area (Å²) < 4.78 is 11.6. The quantitative estimate of drug-likeness (QED) is 0.574. The summed E-state index contributed by atoms with van der Waals surface area (Å²) in [4.78, 5) is 10.9. The van der Waals surface area contributed by atoms with Gasteiger partial charge in [0.15, 0.2) is 8.32 Å². The zero-order valence-electron chi connectivity index (χ0n) is 12.0. The van der Waals surface area contributed by atoms with Crippen molar-refractivity contribution in [2.75, 3.05) is 0 Å². The van der Waals surface area contributed by atoms with Gasteiger partial charge in [0.05, 0.1) is 0 Å². The van der Waals surface area contributed by atoms with Gasteiger partial charge in [-0.25, -0.2) is 0 Å². The highest BCUT2D eigenvalue weighted by molar-refractivity contribution is 6.74. The molecule has 0 bridgehead atoms. The highest BCUT2D eigenvalue weighted by Crippen LogP contribution is 2.39. The van der Waals surface area contributed by atoms with Crippen molar-refractivity contribution in [1.82, 2.24) is 0 Å². The van der Waals surface area contributed by atoms with Gasteiger partial charge < -0.3 is 9.16 Å². The minimum absolute atomic E-state index is 0.0715. The van der Waals surface area contributed by atoms with Crippen molar-refractivity contribution in [2.45, 2.75) is 77.3 Å². The summed E-state index contributed by atoms with van der Waals surface area (Å²) in [6, 6.07) is 0. The molecule has 2 atom stereocenters. The Bertz CT molecular complexity index is 281. The molecule has 2 unspecified atom stereocenters. The molecule has 0 aromatic heterocycles. The van der Waals surface area contributed by atoms with E-state index >= 15 is 0 Å². The molecule has 1 rings (SSSR count). The largest absolute Gasteiger partial charge is 0.462 e. The van der Waals surface area contributed by atoms with Crippen molar-refractivity contribution >= 4 is 14.3 Å². The maximum absolute atomic E-state index is 10.9. The Morgan fingerprint density at radius 3 is 2.18 bits per heavy atom. The van der Waals surface area contributed by atoms with E-state index < -0.39 is 8.32 Å². The maximum Gasteiger partial charge on any atom is 0.302 e. The molecule has 1 saturated carbocycles. The van der Waals surface area contributed by atoms with Gasteiger partial charge in [0, 0.05) is 19.4 Å². The normalized spacial score (nSPS) is 26.0. The summed E-state index contributed by atoms with van der Waals surface area (Å²) in [5.74, 6) is -0.178. The minimum Gasteiger partial charge on any atom is -0.462 e. The highest BCUT2D eigenvalue weighted by Gasteiger charge is 2.41. The van der Waals surface area contributed by atoms with E-state index in [0.717, 1.165) is 19.3 Å². The molecule has 0 radical (unpaired) electrons. The SMILES string of the molecule is CC(=O)OC1CCC(O[Si](C)(C)C(C)(C)C)C1. The van der Waals surface area contributed by atoms with Gasteiger partial charge in [0.25, 0.3) is 0 Å². The van der Waals surface area contributed by atoms with Crippen molar-refractivity contribution in [3.8, 4) is 0 Å². The summed E-state index contributed by atoms with van der Waals surface area (Å²) in [5, 5.41) is 0.243. The molecule has 100 valence electrons. The van der Waals surface area contributed by atoms with Crippen LogP contribution in [0.4, 0.5) is 0 Å². The van der Waals surface area contributed by atoms with Gasteiger partial charge in [0.1, 0.15) is 6.10 Å². The van der Waals surface area contributed by atoms with E-state index in [-0.39, 0.29) is 23.2 Å². The zero-order chi connectivity index (χ0) is 13.3. The van der Waals surface area contributed by atoms with E-state index in [1.165, 1.54) is 6.92 Å². The molecule has 0 aromatic carbocycles.